The Morgan fingerprint density at radius 3 is 2.50 bits per heavy atom. The Kier molecular flexibility index (Phi) is 6.18. The summed E-state index contributed by atoms with van der Waals surface area (Å²) in [5.41, 5.74) is 1.00. The lowest BCUT2D eigenvalue weighted by atomic mass is 9.95. The molecule has 0 amide bonds. The predicted octanol–water partition coefficient (Wildman–Crippen LogP) is 1.84. The Hall–Kier alpha value is -1.88. The molecule has 0 aromatic heterocycles. The Morgan fingerprint density at radius 2 is 1.95 bits per heavy atom. The Morgan fingerprint density at radius 1 is 1.25 bits per heavy atom. The summed E-state index contributed by atoms with van der Waals surface area (Å²) >= 11 is 5.47. The topological polar surface area (TPSA) is 80.7 Å². The van der Waals surface area contributed by atoms with Crippen LogP contribution in [0, 0.1) is 0 Å². The molecular formula is C14H15ClO5. The number of aliphatic carboxylic acids is 1. The van der Waals surface area contributed by atoms with E-state index >= 15 is 0 Å². The van der Waals surface area contributed by atoms with Gasteiger partial charge in [0.15, 0.2) is 5.78 Å². The van der Waals surface area contributed by atoms with Gasteiger partial charge in [0.1, 0.15) is 0 Å². The van der Waals surface area contributed by atoms with Gasteiger partial charge in [0.25, 0.3) is 0 Å². The molecule has 5 nitrogen and oxygen atoms in total. The van der Waals surface area contributed by atoms with Gasteiger partial charge >= 0.3 is 11.9 Å². The minimum absolute atomic E-state index is 0.0822. The lowest BCUT2D eigenvalue weighted by Gasteiger charge is -2.12. The quantitative estimate of drug-likeness (QED) is 0.613. The fourth-order valence-electron chi connectivity index (χ4n) is 1.82. The summed E-state index contributed by atoms with van der Waals surface area (Å²) in [6.07, 6.45) is -0.348. The van der Waals surface area contributed by atoms with Gasteiger partial charge in [0.2, 0.25) is 0 Å². The molecule has 0 spiro atoms. The molecule has 108 valence electrons. The van der Waals surface area contributed by atoms with Crippen LogP contribution >= 0.6 is 11.6 Å². The zero-order valence-electron chi connectivity index (χ0n) is 11.0. The molecule has 1 rings (SSSR count). The van der Waals surface area contributed by atoms with Crippen LogP contribution in [0.1, 0.15) is 28.4 Å². The number of benzene rings is 1. The number of carbonyl (C=O) groups is 3. The Bertz CT molecular complexity index is 524. The number of carboxylic acid groups (broad SMARTS) is 1. The van der Waals surface area contributed by atoms with Crippen molar-refractivity contribution in [1.29, 1.82) is 0 Å². The number of Topliss-reactive ketones (excluding diaryl/α,β-unsaturated/α-hetero) is 1. The van der Waals surface area contributed by atoms with Crippen molar-refractivity contribution in [1.82, 2.24) is 0 Å². The number of hydrogen-bond acceptors (Lipinski definition) is 4. The highest BCUT2D eigenvalue weighted by molar-refractivity contribution is 6.27. The zero-order chi connectivity index (χ0) is 15.1. The van der Waals surface area contributed by atoms with Crippen LogP contribution in [0.25, 0.3) is 0 Å². The number of hydrogen-bond donors (Lipinski definition) is 1. The summed E-state index contributed by atoms with van der Waals surface area (Å²) in [6.45, 7) is 1.87. The maximum absolute atomic E-state index is 11.9. The van der Waals surface area contributed by atoms with E-state index in [0.717, 1.165) is 0 Å². The zero-order valence-corrected chi connectivity index (χ0v) is 11.8. The van der Waals surface area contributed by atoms with Crippen LogP contribution in [0.4, 0.5) is 0 Å². The van der Waals surface area contributed by atoms with Crippen molar-refractivity contribution in [2.45, 2.75) is 19.8 Å². The number of alkyl halides is 1. The van der Waals surface area contributed by atoms with E-state index in [9.17, 15) is 14.4 Å². The van der Waals surface area contributed by atoms with Crippen LogP contribution in [0.2, 0.25) is 0 Å². The van der Waals surface area contributed by atoms with E-state index < -0.39 is 11.9 Å². The molecule has 20 heavy (non-hydrogen) atoms. The van der Waals surface area contributed by atoms with E-state index in [1.54, 1.807) is 19.1 Å². The fraction of sp³-hybridized carbons (Fsp3) is 0.357. The molecule has 0 aliphatic carbocycles. The SMILES string of the molecule is CCOC(=O)c1cccc(CC(=O)O)c1CC(=O)CCl. The van der Waals surface area contributed by atoms with Crippen molar-refractivity contribution in [3.05, 3.63) is 34.9 Å². The van der Waals surface area contributed by atoms with Crippen LogP contribution in [-0.2, 0) is 27.2 Å². The van der Waals surface area contributed by atoms with Crippen LogP contribution in [0.15, 0.2) is 18.2 Å². The molecule has 0 unspecified atom stereocenters. The van der Waals surface area contributed by atoms with Gasteiger partial charge in [-0.05, 0) is 24.1 Å². The number of carbonyl (C=O) groups excluding carboxylic acids is 2. The van der Waals surface area contributed by atoms with Gasteiger partial charge in [-0.25, -0.2) is 4.79 Å². The van der Waals surface area contributed by atoms with Crippen LogP contribution in [0.3, 0.4) is 0 Å². The Labute approximate surface area is 121 Å². The molecule has 0 heterocycles. The molecular weight excluding hydrogens is 284 g/mol. The van der Waals surface area contributed by atoms with Gasteiger partial charge in [-0.15, -0.1) is 11.6 Å². The van der Waals surface area contributed by atoms with Gasteiger partial charge in [0, 0.05) is 6.42 Å². The molecule has 1 aromatic rings. The van der Waals surface area contributed by atoms with Crippen molar-refractivity contribution in [3.8, 4) is 0 Å². The summed E-state index contributed by atoms with van der Waals surface area (Å²) in [5, 5.41) is 8.89. The van der Waals surface area contributed by atoms with Crippen molar-refractivity contribution >= 4 is 29.3 Å². The largest absolute Gasteiger partial charge is 0.481 e. The van der Waals surface area contributed by atoms with Crippen LogP contribution in [0.5, 0.6) is 0 Å². The number of carboxylic acids is 1. The Balaban J connectivity index is 3.24. The summed E-state index contributed by atoms with van der Waals surface area (Å²) in [6, 6.07) is 4.66. The molecule has 0 atom stereocenters. The number of esters is 1. The number of rotatable bonds is 7. The highest BCUT2D eigenvalue weighted by atomic mass is 35.5. The molecule has 0 saturated carbocycles. The van der Waals surface area contributed by atoms with E-state index in [1.165, 1.54) is 6.07 Å². The summed E-state index contributed by atoms with van der Waals surface area (Å²) in [4.78, 5) is 34.2. The van der Waals surface area contributed by atoms with E-state index in [-0.39, 0.29) is 36.7 Å². The van der Waals surface area contributed by atoms with Crippen LogP contribution in [-0.4, -0.2) is 35.3 Å². The monoisotopic (exact) mass is 298 g/mol. The van der Waals surface area contributed by atoms with E-state index in [0.29, 0.717) is 11.1 Å². The predicted molar refractivity (Wildman–Crippen MR) is 73.2 cm³/mol. The highest BCUT2D eigenvalue weighted by Gasteiger charge is 2.19. The first-order valence-electron chi connectivity index (χ1n) is 6.06. The smallest absolute Gasteiger partial charge is 0.338 e. The molecule has 1 aromatic carbocycles. The minimum Gasteiger partial charge on any atom is -0.481 e. The lowest BCUT2D eigenvalue weighted by Crippen LogP contribution is -2.16. The average Bonchev–Trinajstić information content (AvgIpc) is 2.40. The maximum Gasteiger partial charge on any atom is 0.338 e. The van der Waals surface area contributed by atoms with E-state index in [4.69, 9.17) is 21.4 Å². The van der Waals surface area contributed by atoms with E-state index in [2.05, 4.69) is 0 Å². The molecule has 6 heteroatoms. The third kappa shape index (κ3) is 4.35. The number of halogens is 1. The maximum atomic E-state index is 11.9. The van der Waals surface area contributed by atoms with Gasteiger partial charge < -0.3 is 9.84 Å². The van der Waals surface area contributed by atoms with Gasteiger partial charge in [0.05, 0.1) is 24.5 Å². The molecule has 0 saturated heterocycles. The first-order chi connectivity index (χ1) is 9.49. The fourth-order valence-corrected chi connectivity index (χ4v) is 1.91. The summed E-state index contributed by atoms with van der Waals surface area (Å²) in [7, 11) is 0. The highest BCUT2D eigenvalue weighted by Crippen LogP contribution is 2.18. The van der Waals surface area contributed by atoms with Crippen molar-refractivity contribution in [2.24, 2.45) is 0 Å². The summed E-state index contributed by atoms with van der Waals surface area (Å²) < 4.78 is 4.91. The number of ether oxygens (including phenoxy) is 1. The van der Waals surface area contributed by atoms with Crippen molar-refractivity contribution < 1.29 is 24.2 Å². The van der Waals surface area contributed by atoms with Crippen molar-refractivity contribution in [2.75, 3.05) is 12.5 Å². The second kappa shape index (κ2) is 7.65. The van der Waals surface area contributed by atoms with Gasteiger partial charge in [-0.1, -0.05) is 12.1 Å². The molecule has 0 bridgehead atoms. The van der Waals surface area contributed by atoms with Crippen molar-refractivity contribution in [3.63, 3.8) is 0 Å². The molecule has 0 aliphatic heterocycles. The first kappa shape index (κ1) is 16.2. The molecule has 0 radical (unpaired) electrons. The van der Waals surface area contributed by atoms with Gasteiger partial charge in [-0.2, -0.15) is 0 Å². The standard InChI is InChI=1S/C14H15ClO5/c1-2-20-14(19)11-5-3-4-9(6-13(17)18)12(11)7-10(16)8-15/h3-5H,2,6-8H2,1H3,(H,17,18). The normalized spacial score (nSPS) is 10.1. The second-order valence-corrected chi connectivity index (χ2v) is 4.35. The first-order valence-corrected chi connectivity index (χ1v) is 6.60. The van der Waals surface area contributed by atoms with Gasteiger partial charge in [-0.3, -0.25) is 9.59 Å². The van der Waals surface area contributed by atoms with E-state index in [1.807, 2.05) is 0 Å². The number of ketones is 1. The second-order valence-electron chi connectivity index (χ2n) is 4.08. The molecule has 0 fully saturated rings. The minimum atomic E-state index is -1.04. The molecule has 0 aliphatic rings. The third-order valence-corrected chi connectivity index (χ3v) is 2.93. The molecule has 1 N–H and O–H groups in total. The lowest BCUT2D eigenvalue weighted by molar-refractivity contribution is -0.136. The average molecular weight is 299 g/mol. The summed E-state index contributed by atoms with van der Waals surface area (Å²) in [5.74, 6) is -2.08. The van der Waals surface area contributed by atoms with Crippen LogP contribution < -0.4 is 0 Å². The third-order valence-electron chi connectivity index (χ3n) is 2.63.